The van der Waals surface area contributed by atoms with E-state index in [9.17, 15) is 4.79 Å². The van der Waals surface area contributed by atoms with Crippen LogP contribution in [0.15, 0.2) is 53.5 Å². The maximum Gasteiger partial charge on any atom is 0.234 e. The summed E-state index contributed by atoms with van der Waals surface area (Å²) in [6.07, 6.45) is 0. The van der Waals surface area contributed by atoms with E-state index in [-0.39, 0.29) is 11.7 Å². The molecule has 0 spiro atoms. The number of carbonyl (C=O) groups excluding carboxylic acids is 1. The molecule has 0 aromatic heterocycles. The quantitative estimate of drug-likeness (QED) is 0.609. The first-order chi connectivity index (χ1) is 13.1. The standard InChI is InChI=1S/C20H22ClN3O2S/c1-15-7-8-16(21)13-18(15)23-19(25)14-27-20(24-9-11-26-12-10-24)22-17-5-3-2-4-6-17/h2-8,13H,9-12,14H2,1H3,(H,23,25). The Morgan fingerprint density at radius 3 is 2.70 bits per heavy atom. The van der Waals surface area contributed by atoms with Crippen molar-refractivity contribution in [3.63, 3.8) is 0 Å². The summed E-state index contributed by atoms with van der Waals surface area (Å²) in [4.78, 5) is 19.3. The van der Waals surface area contributed by atoms with Gasteiger partial charge >= 0.3 is 0 Å². The van der Waals surface area contributed by atoms with Gasteiger partial charge in [0.2, 0.25) is 5.91 Å². The highest BCUT2D eigenvalue weighted by Gasteiger charge is 2.17. The largest absolute Gasteiger partial charge is 0.378 e. The Labute approximate surface area is 168 Å². The van der Waals surface area contributed by atoms with Gasteiger partial charge < -0.3 is 15.0 Å². The molecule has 1 saturated heterocycles. The van der Waals surface area contributed by atoms with Crippen LogP contribution in [0.3, 0.4) is 0 Å². The van der Waals surface area contributed by atoms with Gasteiger partial charge in [0, 0.05) is 23.8 Å². The molecule has 1 aliphatic rings. The summed E-state index contributed by atoms with van der Waals surface area (Å²) in [6, 6.07) is 15.2. The van der Waals surface area contributed by atoms with Gasteiger partial charge in [-0.15, -0.1) is 0 Å². The number of morpholine rings is 1. The number of aryl methyl sites for hydroxylation is 1. The molecule has 0 unspecified atom stereocenters. The Morgan fingerprint density at radius 2 is 1.96 bits per heavy atom. The van der Waals surface area contributed by atoms with Crippen molar-refractivity contribution >= 4 is 45.8 Å². The third-order valence-electron chi connectivity index (χ3n) is 4.07. The molecule has 7 heteroatoms. The van der Waals surface area contributed by atoms with E-state index in [4.69, 9.17) is 21.3 Å². The predicted molar refractivity (Wildman–Crippen MR) is 113 cm³/mol. The molecule has 0 saturated carbocycles. The van der Waals surface area contributed by atoms with Gasteiger partial charge in [0.15, 0.2) is 5.17 Å². The Balaban J connectivity index is 1.67. The summed E-state index contributed by atoms with van der Waals surface area (Å²) in [5.74, 6) is 0.189. The number of aliphatic imine (C=N–C) groups is 1. The van der Waals surface area contributed by atoms with E-state index < -0.39 is 0 Å². The van der Waals surface area contributed by atoms with Crippen LogP contribution >= 0.6 is 23.4 Å². The zero-order valence-electron chi connectivity index (χ0n) is 15.2. The van der Waals surface area contributed by atoms with E-state index in [1.165, 1.54) is 11.8 Å². The molecule has 5 nitrogen and oxygen atoms in total. The number of benzene rings is 2. The minimum absolute atomic E-state index is 0.0839. The van der Waals surface area contributed by atoms with E-state index >= 15 is 0 Å². The van der Waals surface area contributed by atoms with E-state index in [0.29, 0.717) is 18.2 Å². The van der Waals surface area contributed by atoms with E-state index in [1.54, 1.807) is 6.07 Å². The summed E-state index contributed by atoms with van der Waals surface area (Å²) in [6.45, 7) is 4.82. The number of thioether (sulfide) groups is 1. The molecule has 1 amide bonds. The monoisotopic (exact) mass is 403 g/mol. The van der Waals surface area contributed by atoms with Crippen molar-refractivity contribution in [2.45, 2.75) is 6.92 Å². The van der Waals surface area contributed by atoms with Crippen LogP contribution < -0.4 is 5.32 Å². The van der Waals surface area contributed by atoms with Crippen molar-refractivity contribution in [1.29, 1.82) is 0 Å². The number of amidine groups is 1. The molecule has 142 valence electrons. The minimum atomic E-state index is -0.0839. The molecular formula is C20H22ClN3O2S. The van der Waals surface area contributed by atoms with Crippen LogP contribution in [0.25, 0.3) is 0 Å². The number of hydrogen-bond acceptors (Lipinski definition) is 4. The first-order valence-corrected chi connectivity index (χ1v) is 10.1. The number of para-hydroxylation sites is 1. The fraction of sp³-hybridized carbons (Fsp3) is 0.300. The van der Waals surface area contributed by atoms with Gasteiger partial charge in [-0.3, -0.25) is 4.79 Å². The maximum absolute atomic E-state index is 12.4. The Kier molecular flexibility index (Phi) is 7.15. The number of nitrogens with zero attached hydrogens (tertiary/aromatic N) is 2. The first-order valence-electron chi connectivity index (χ1n) is 8.77. The van der Waals surface area contributed by atoms with Gasteiger partial charge in [0.05, 0.1) is 24.7 Å². The van der Waals surface area contributed by atoms with Crippen molar-refractivity contribution in [3.8, 4) is 0 Å². The molecule has 0 radical (unpaired) electrons. The Bertz CT molecular complexity index is 808. The number of ether oxygens (including phenoxy) is 1. The van der Waals surface area contributed by atoms with E-state index in [0.717, 1.165) is 35.2 Å². The Hall–Kier alpha value is -2.02. The smallest absolute Gasteiger partial charge is 0.234 e. The highest BCUT2D eigenvalue weighted by Crippen LogP contribution is 2.22. The van der Waals surface area contributed by atoms with E-state index in [1.807, 2.05) is 49.4 Å². The van der Waals surface area contributed by atoms with Crippen LogP contribution in [-0.2, 0) is 9.53 Å². The minimum Gasteiger partial charge on any atom is -0.378 e. The Morgan fingerprint density at radius 1 is 1.22 bits per heavy atom. The molecule has 0 atom stereocenters. The average molecular weight is 404 g/mol. The van der Waals surface area contributed by atoms with Gasteiger partial charge in [-0.25, -0.2) is 4.99 Å². The average Bonchev–Trinajstić information content (AvgIpc) is 2.69. The SMILES string of the molecule is Cc1ccc(Cl)cc1NC(=O)CSC(=Nc1ccccc1)N1CCOCC1. The molecule has 3 rings (SSSR count). The molecule has 1 N–H and O–H groups in total. The third kappa shape index (κ3) is 5.99. The van der Waals surface area contributed by atoms with E-state index in [2.05, 4.69) is 10.2 Å². The van der Waals surface area contributed by atoms with Gasteiger partial charge in [-0.1, -0.05) is 47.6 Å². The van der Waals surface area contributed by atoms with Crippen LogP contribution in [0.2, 0.25) is 5.02 Å². The number of amides is 1. The van der Waals surface area contributed by atoms with Crippen molar-refractivity contribution in [3.05, 3.63) is 59.1 Å². The van der Waals surface area contributed by atoms with Gasteiger partial charge in [0.25, 0.3) is 0 Å². The van der Waals surface area contributed by atoms with Crippen LogP contribution in [0.4, 0.5) is 11.4 Å². The zero-order chi connectivity index (χ0) is 19.1. The van der Waals surface area contributed by atoms with Crippen molar-refractivity contribution < 1.29 is 9.53 Å². The normalized spacial score (nSPS) is 14.9. The van der Waals surface area contributed by atoms with Crippen LogP contribution in [0.5, 0.6) is 0 Å². The summed E-state index contributed by atoms with van der Waals surface area (Å²) in [7, 11) is 0. The lowest BCUT2D eigenvalue weighted by molar-refractivity contribution is -0.113. The second-order valence-corrected chi connectivity index (χ2v) is 7.50. The van der Waals surface area contributed by atoms with Crippen LogP contribution in [0, 0.1) is 6.92 Å². The number of carbonyl (C=O) groups is 1. The maximum atomic E-state index is 12.4. The summed E-state index contributed by atoms with van der Waals surface area (Å²) >= 11 is 7.46. The van der Waals surface area contributed by atoms with Crippen LogP contribution in [0.1, 0.15) is 5.56 Å². The molecule has 2 aromatic rings. The predicted octanol–water partition coefficient (Wildman–Crippen LogP) is 4.34. The lowest BCUT2D eigenvalue weighted by Gasteiger charge is -2.29. The topological polar surface area (TPSA) is 53.9 Å². The molecule has 2 aromatic carbocycles. The zero-order valence-corrected chi connectivity index (χ0v) is 16.7. The lowest BCUT2D eigenvalue weighted by Crippen LogP contribution is -2.39. The fourth-order valence-electron chi connectivity index (χ4n) is 2.61. The second kappa shape index (κ2) is 9.78. The lowest BCUT2D eigenvalue weighted by atomic mass is 10.2. The number of anilines is 1. The van der Waals surface area contributed by atoms with Crippen molar-refractivity contribution in [2.24, 2.45) is 4.99 Å². The summed E-state index contributed by atoms with van der Waals surface area (Å²) in [5, 5.41) is 4.37. The molecule has 0 bridgehead atoms. The van der Waals surface area contributed by atoms with Gasteiger partial charge in [-0.05, 0) is 36.8 Å². The van der Waals surface area contributed by atoms with Crippen molar-refractivity contribution in [1.82, 2.24) is 4.90 Å². The number of rotatable bonds is 4. The van der Waals surface area contributed by atoms with Gasteiger partial charge in [0.1, 0.15) is 0 Å². The van der Waals surface area contributed by atoms with Crippen molar-refractivity contribution in [2.75, 3.05) is 37.4 Å². The molecule has 1 fully saturated rings. The molecule has 0 aliphatic carbocycles. The number of halogens is 1. The second-order valence-electron chi connectivity index (χ2n) is 6.13. The summed E-state index contributed by atoms with van der Waals surface area (Å²) < 4.78 is 5.43. The van der Waals surface area contributed by atoms with Crippen LogP contribution in [-0.4, -0.2) is 48.0 Å². The molecule has 1 heterocycles. The molecular weight excluding hydrogens is 382 g/mol. The van der Waals surface area contributed by atoms with Gasteiger partial charge in [-0.2, -0.15) is 0 Å². The first kappa shape index (κ1) is 19.7. The summed E-state index contributed by atoms with van der Waals surface area (Å²) in [5.41, 5.74) is 2.59. The highest BCUT2D eigenvalue weighted by molar-refractivity contribution is 8.14. The highest BCUT2D eigenvalue weighted by atomic mass is 35.5. The number of hydrogen-bond donors (Lipinski definition) is 1. The third-order valence-corrected chi connectivity index (χ3v) is 5.32. The fourth-order valence-corrected chi connectivity index (χ4v) is 3.65. The number of nitrogens with one attached hydrogen (secondary N) is 1. The molecule has 27 heavy (non-hydrogen) atoms. The molecule has 1 aliphatic heterocycles.